The van der Waals surface area contributed by atoms with Crippen LogP contribution in [0.3, 0.4) is 0 Å². The molecule has 0 saturated heterocycles. The number of hydrogen-bond acceptors (Lipinski definition) is 4. The highest BCUT2D eigenvalue weighted by Crippen LogP contribution is 2.32. The molecular weight excluding hydrogens is 305 g/mol. The predicted molar refractivity (Wildman–Crippen MR) is 73.4 cm³/mol. The normalized spacial score (nSPS) is 10.1. The lowest BCUT2D eigenvalue weighted by molar-refractivity contribution is 0.0698. The number of rotatable bonds is 3. The van der Waals surface area contributed by atoms with Gasteiger partial charge in [0.15, 0.2) is 0 Å². The lowest BCUT2D eigenvalue weighted by Gasteiger charge is -2.11. The number of nitrogens with one attached hydrogen (secondary N) is 1. The SMILES string of the molecule is O=C(Nc1c(Cl)ccc(Cl)c1C(=O)O)c1ccnnc1. The standard InChI is InChI=1S/C12H7Cl2N3O3/c13-7-1-2-8(14)10(9(7)12(19)20)17-11(18)6-3-4-15-16-5-6/h1-5H,(H,17,18)(H,19,20). The van der Waals surface area contributed by atoms with E-state index in [2.05, 4.69) is 15.5 Å². The lowest BCUT2D eigenvalue weighted by atomic mass is 10.1. The molecule has 0 fully saturated rings. The van der Waals surface area contributed by atoms with Crippen LogP contribution in [0.2, 0.25) is 10.0 Å². The number of nitrogens with zero attached hydrogens (tertiary/aromatic N) is 2. The van der Waals surface area contributed by atoms with Gasteiger partial charge >= 0.3 is 5.97 Å². The van der Waals surface area contributed by atoms with Crippen LogP contribution in [0.15, 0.2) is 30.6 Å². The molecule has 2 aromatic rings. The summed E-state index contributed by atoms with van der Waals surface area (Å²) < 4.78 is 0. The summed E-state index contributed by atoms with van der Waals surface area (Å²) in [6.45, 7) is 0. The Hall–Kier alpha value is -2.18. The van der Waals surface area contributed by atoms with Crippen LogP contribution < -0.4 is 5.32 Å². The molecule has 2 rings (SSSR count). The Labute approximate surface area is 123 Å². The van der Waals surface area contributed by atoms with Crippen molar-refractivity contribution >= 4 is 40.8 Å². The minimum absolute atomic E-state index is 0.0231. The smallest absolute Gasteiger partial charge is 0.339 e. The molecule has 0 saturated carbocycles. The van der Waals surface area contributed by atoms with E-state index in [0.717, 1.165) is 0 Å². The highest BCUT2D eigenvalue weighted by molar-refractivity contribution is 6.38. The third-order valence-corrected chi connectivity index (χ3v) is 3.03. The van der Waals surface area contributed by atoms with Crippen LogP contribution in [0.25, 0.3) is 0 Å². The number of carbonyl (C=O) groups excluding carboxylic acids is 1. The zero-order valence-corrected chi connectivity index (χ0v) is 11.3. The molecule has 0 bridgehead atoms. The molecule has 1 heterocycles. The monoisotopic (exact) mass is 311 g/mol. The van der Waals surface area contributed by atoms with Gasteiger partial charge in [0.25, 0.3) is 5.91 Å². The summed E-state index contributed by atoms with van der Waals surface area (Å²) in [7, 11) is 0. The average Bonchev–Trinajstić information content (AvgIpc) is 2.43. The minimum Gasteiger partial charge on any atom is -0.478 e. The van der Waals surface area contributed by atoms with E-state index in [4.69, 9.17) is 28.3 Å². The van der Waals surface area contributed by atoms with Crippen molar-refractivity contribution < 1.29 is 14.7 Å². The van der Waals surface area contributed by atoms with Gasteiger partial charge in [0.1, 0.15) is 5.56 Å². The fraction of sp³-hybridized carbons (Fsp3) is 0. The molecule has 0 aliphatic rings. The fourth-order valence-corrected chi connectivity index (χ4v) is 1.94. The number of aromatic nitrogens is 2. The topological polar surface area (TPSA) is 92.2 Å². The van der Waals surface area contributed by atoms with Gasteiger partial charge in [-0.15, -0.1) is 0 Å². The zero-order valence-electron chi connectivity index (χ0n) is 9.80. The van der Waals surface area contributed by atoms with Crippen molar-refractivity contribution in [1.82, 2.24) is 10.2 Å². The molecule has 1 aromatic carbocycles. The molecule has 0 spiro atoms. The summed E-state index contributed by atoms with van der Waals surface area (Å²) in [5, 5.41) is 18.7. The van der Waals surface area contributed by atoms with Crippen molar-refractivity contribution in [3.05, 3.63) is 51.8 Å². The van der Waals surface area contributed by atoms with E-state index in [1.54, 1.807) is 0 Å². The highest BCUT2D eigenvalue weighted by Gasteiger charge is 2.20. The van der Waals surface area contributed by atoms with Crippen LogP contribution in [0.5, 0.6) is 0 Å². The first-order chi connectivity index (χ1) is 9.50. The van der Waals surface area contributed by atoms with Crippen LogP contribution in [-0.4, -0.2) is 27.2 Å². The van der Waals surface area contributed by atoms with E-state index in [-0.39, 0.29) is 26.9 Å². The van der Waals surface area contributed by atoms with Gasteiger partial charge in [-0.3, -0.25) is 4.79 Å². The van der Waals surface area contributed by atoms with E-state index in [0.29, 0.717) is 0 Å². The van der Waals surface area contributed by atoms with E-state index in [1.807, 2.05) is 0 Å². The first-order valence-corrected chi connectivity index (χ1v) is 6.05. The Morgan fingerprint density at radius 1 is 1.10 bits per heavy atom. The molecule has 1 aromatic heterocycles. The number of carbonyl (C=O) groups is 2. The van der Waals surface area contributed by atoms with Crippen molar-refractivity contribution in [2.45, 2.75) is 0 Å². The summed E-state index contributed by atoms with van der Waals surface area (Å²) in [5.41, 5.74) is -0.115. The van der Waals surface area contributed by atoms with E-state index in [1.165, 1.54) is 30.6 Å². The maximum atomic E-state index is 12.0. The predicted octanol–water partition coefficient (Wildman–Crippen LogP) is 2.73. The van der Waals surface area contributed by atoms with E-state index in [9.17, 15) is 9.59 Å². The number of amides is 1. The van der Waals surface area contributed by atoms with Gasteiger partial charge in [-0.25, -0.2) is 4.79 Å². The molecular formula is C12H7Cl2N3O3. The largest absolute Gasteiger partial charge is 0.478 e. The van der Waals surface area contributed by atoms with E-state index < -0.39 is 11.9 Å². The first kappa shape index (κ1) is 14.2. The third kappa shape index (κ3) is 2.87. The summed E-state index contributed by atoms with van der Waals surface area (Å²) >= 11 is 11.7. The Kier molecular flexibility index (Phi) is 4.16. The van der Waals surface area contributed by atoms with E-state index >= 15 is 0 Å². The van der Waals surface area contributed by atoms with Gasteiger partial charge in [0.05, 0.1) is 33.7 Å². The summed E-state index contributed by atoms with van der Waals surface area (Å²) in [4.78, 5) is 23.2. The van der Waals surface area contributed by atoms with Gasteiger partial charge in [0.2, 0.25) is 0 Å². The van der Waals surface area contributed by atoms with Crippen LogP contribution in [-0.2, 0) is 0 Å². The number of hydrogen-bond donors (Lipinski definition) is 2. The van der Waals surface area contributed by atoms with Gasteiger partial charge in [-0.05, 0) is 18.2 Å². The molecule has 8 heteroatoms. The maximum Gasteiger partial charge on any atom is 0.339 e. The lowest BCUT2D eigenvalue weighted by Crippen LogP contribution is -2.16. The zero-order chi connectivity index (χ0) is 14.7. The van der Waals surface area contributed by atoms with Gasteiger partial charge < -0.3 is 10.4 Å². The molecule has 0 radical (unpaired) electrons. The number of halogens is 2. The Balaban J connectivity index is 2.41. The van der Waals surface area contributed by atoms with Gasteiger partial charge in [-0.2, -0.15) is 10.2 Å². The van der Waals surface area contributed by atoms with Gasteiger partial charge in [0, 0.05) is 0 Å². The molecule has 20 heavy (non-hydrogen) atoms. The molecule has 0 atom stereocenters. The Morgan fingerprint density at radius 2 is 1.80 bits per heavy atom. The molecule has 2 N–H and O–H groups in total. The van der Waals surface area contributed by atoms with Crippen LogP contribution in [0.4, 0.5) is 5.69 Å². The van der Waals surface area contributed by atoms with Crippen molar-refractivity contribution in [1.29, 1.82) is 0 Å². The summed E-state index contributed by atoms with van der Waals surface area (Å²) in [5.74, 6) is -1.85. The van der Waals surface area contributed by atoms with Crippen molar-refractivity contribution in [3.8, 4) is 0 Å². The number of anilines is 1. The molecule has 102 valence electrons. The second-order valence-electron chi connectivity index (χ2n) is 3.67. The quantitative estimate of drug-likeness (QED) is 0.909. The molecule has 0 unspecified atom stereocenters. The molecule has 1 amide bonds. The Morgan fingerprint density at radius 3 is 2.40 bits per heavy atom. The second-order valence-corrected chi connectivity index (χ2v) is 4.48. The summed E-state index contributed by atoms with van der Waals surface area (Å²) in [6, 6.07) is 4.18. The average molecular weight is 312 g/mol. The number of benzene rings is 1. The van der Waals surface area contributed by atoms with Crippen molar-refractivity contribution in [2.24, 2.45) is 0 Å². The molecule has 0 aliphatic heterocycles. The molecule has 6 nitrogen and oxygen atoms in total. The third-order valence-electron chi connectivity index (χ3n) is 2.40. The molecule has 0 aliphatic carbocycles. The Bertz CT molecular complexity index is 677. The van der Waals surface area contributed by atoms with Gasteiger partial charge in [-0.1, -0.05) is 23.2 Å². The number of aromatic carboxylic acids is 1. The van der Waals surface area contributed by atoms with Crippen molar-refractivity contribution in [2.75, 3.05) is 5.32 Å². The van der Waals surface area contributed by atoms with Crippen LogP contribution >= 0.6 is 23.2 Å². The number of carboxylic acid groups (broad SMARTS) is 1. The minimum atomic E-state index is -1.29. The van der Waals surface area contributed by atoms with Crippen molar-refractivity contribution in [3.63, 3.8) is 0 Å². The van der Waals surface area contributed by atoms with Crippen LogP contribution in [0, 0.1) is 0 Å². The first-order valence-electron chi connectivity index (χ1n) is 5.30. The second kappa shape index (κ2) is 5.85. The maximum absolute atomic E-state index is 12.0. The van der Waals surface area contributed by atoms with Crippen LogP contribution in [0.1, 0.15) is 20.7 Å². The highest BCUT2D eigenvalue weighted by atomic mass is 35.5. The fourth-order valence-electron chi connectivity index (χ4n) is 1.49. The number of carboxylic acids is 1. The summed E-state index contributed by atoms with van der Waals surface area (Å²) in [6.07, 6.45) is 2.58.